The van der Waals surface area contributed by atoms with Crippen molar-refractivity contribution in [1.29, 1.82) is 0 Å². The Hall–Kier alpha value is -3.34. The van der Waals surface area contributed by atoms with Crippen molar-refractivity contribution in [1.82, 2.24) is 10.2 Å². The average molecular weight is 675 g/mol. The van der Waals surface area contributed by atoms with Gasteiger partial charge in [0.2, 0.25) is 0 Å². The maximum Gasteiger partial charge on any atom is 0.169 e. The predicted octanol–water partition coefficient (Wildman–Crippen LogP) is 12.7. The molecule has 5 heteroatoms. The van der Waals surface area contributed by atoms with Gasteiger partial charge in [-0.3, -0.25) is 9.89 Å². The summed E-state index contributed by atoms with van der Waals surface area (Å²) in [6, 6.07) is 12.3. The highest BCUT2D eigenvalue weighted by Crippen LogP contribution is 2.37. The molecular formula is C44H70N2O3. The number of carbonyl (C=O) groups excluding carboxylic acids is 1. The van der Waals surface area contributed by atoms with Crippen molar-refractivity contribution in [3.8, 4) is 22.6 Å². The molecule has 4 rings (SSSR count). The summed E-state index contributed by atoms with van der Waals surface area (Å²) in [6.07, 6.45) is 12.9. The topological polar surface area (TPSA) is 64.2 Å². The number of carbonyl (C=O) groups is 1. The number of ether oxygens (including phenoxy) is 2. The van der Waals surface area contributed by atoms with E-state index < -0.39 is 0 Å². The highest BCUT2D eigenvalue weighted by atomic mass is 16.5. The zero-order valence-electron chi connectivity index (χ0n) is 33.5. The minimum absolute atomic E-state index is 0.133. The first-order valence-electron chi connectivity index (χ1n) is 19.3. The molecule has 0 spiro atoms. The van der Waals surface area contributed by atoms with Crippen LogP contribution in [0.15, 0.2) is 48.7 Å². The first-order chi connectivity index (χ1) is 23.6. The van der Waals surface area contributed by atoms with Gasteiger partial charge < -0.3 is 9.47 Å². The summed E-state index contributed by atoms with van der Waals surface area (Å²) in [4.78, 5) is 13.8. The molecule has 0 amide bonds. The van der Waals surface area contributed by atoms with Crippen molar-refractivity contribution in [2.24, 2.45) is 17.8 Å². The number of methoxy groups -OCH3 is 1. The Balaban J connectivity index is 0.000000727. The molecule has 274 valence electrons. The van der Waals surface area contributed by atoms with Crippen molar-refractivity contribution in [3.63, 3.8) is 0 Å². The second kappa shape index (κ2) is 23.9. The number of aromatic amines is 1. The second-order valence-electron chi connectivity index (χ2n) is 13.5. The standard InChI is InChI=1S/C30H36N2O3.C7H16.C5H12.C2H6/c1-6-9-28-27(17-31-32-28)20-10-12-25(26(16-20)19(4)7-2)24(8-3)30(33)22-14-21-15-23(34-5)11-13-29(21)35-18-22;1-4-6-7(3)5-2;1-4-5(2)3;1-2/h8,10-13,15-17,19,22H,6-7,9,14,18H2,1-5H3,(H,31,32);7H,4-6H2,1-3H3;5H,4H2,1-3H3;1-2H3/b24-8+;;;. The molecule has 1 aliphatic rings. The SMILES string of the molecule is C/C=C(/C(=O)C1COc2ccc(OC)cc2C1)c1ccc(-c2cn[nH]c2CCC)cc1C(C)CC.CC.CCC(C)C.CCCC(C)CC. The molecule has 3 atom stereocenters. The van der Waals surface area contributed by atoms with Crippen LogP contribution in [0.25, 0.3) is 16.7 Å². The van der Waals surface area contributed by atoms with Gasteiger partial charge in [-0.05, 0) is 84.4 Å². The van der Waals surface area contributed by atoms with Gasteiger partial charge in [0, 0.05) is 16.8 Å². The quantitative estimate of drug-likeness (QED) is 0.183. The summed E-state index contributed by atoms with van der Waals surface area (Å²) in [5.41, 5.74) is 7.46. The van der Waals surface area contributed by atoms with Gasteiger partial charge in [0.15, 0.2) is 5.78 Å². The third-order valence-corrected chi connectivity index (χ3v) is 9.41. The van der Waals surface area contributed by atoms with E-state index in [0.29, 0.717) is 18.9 Å². The number of benzene rings is 2. The van der Waals surface area contributed by atoms with Crippen molar-refractivity contribution < 1.29 is 14.3 Å². The predicted molar refractivity (Wildman–Crippen MR) is 212 cm³/mol. The van der Waals surface area contributed by atoms with Crippen molar-refractivity contribution in [2.45, 2.75) is 140 Å². The van der Waals surface area contributed by atoms with Crippen LogP contribution in [-0.4, -0.2) is 29.7 Å². The van der Waals surface area contributed by atoms with Gasteiger partial charge in [0.25, 0.3) is 0 Å². The van der Waals surface area contributed by atoms with E-state index in [0.717, 1.165) is 76.1 Å². The van der Waals surface area contributed by atoms with Crippen LogP contribution in [0.4, 0.5) is 0 Å². The lowest BCUT2D eigenvalue weighted by molar-refractivity contribution is -0.118. The van der Waals surface area contributed by atoms with E-state index >= 15 is 0 Å². The van der Waals surface area contributed by atoms with Crippen LogP contribution < -0.4 is 9.47 Å². The monoisotopic (exact) mass is 675 g/mol. The normalized spacial score (nSPS) is 14.8. The Morgan fingerprint density at radius 1 is 0.980 bits per heavy atom. The lowest BCUT2D eigenvalue weighted by Gasteiger charge is -2.26. The van der Waals surface area contributed by atoms with Crippen molar-refractivity contribution >= 4 is 11.4 Å². The van der Waals surface area contributed by atoms with Crippen LogP contribution in [0, 0.1) is 17.8 Å². The van der Waals surface area contributed by atoms with Gasteiger partial charge in [0.05, 0.1) is 25.8 Å². The number of rotatable bonds is 13. The summed E-state index contributed by atoms with van der Waals surface area (Å²) in [7, 11) is 1.65. The zero-order chi connectivity index (χ0) is 36.9. The number of Topliss-reactive ketones (excluding diaryl/α,β-unsaturated/α-hetero) is 1. The number of aryl methyl sites for hydroxylation is 1. The molecule has 1 N–H and O–H groups in total. The summed E-state index contributed by atoms with van der Waals surface area (Å²) >= 11 is 0. The van der Waals surface area contributed by atoms with Crippen LogP contribution in [0.1, 0.15) is 150 Å². The van der Waals surface area contributed by atoms with Crippen LogP contribution >= 0.6 is 0 Å². The Morgan fingerprint density at radius 3 is 2.20 bits per heavy atom. The summed E-state index contributed by atoms with van der Waals surface area (Å²) < 4.78 is 11.4. The van der Waals surface area contributed by atoms with Crippen molar-refractivity contribution in [2.75, 3.05) is 13.7 Å². The number of allylic oxidation sites excluding steroid dienone is 2. The van der Waals surface area contributed by atoms with Gasteiger partial charge in [0.1, 0.15) is 11.5 Å². The Morgan fingerprint density at radius 2 is 1.67 bits per heavy atom. The zero-order valence-corrected chi connectivity index (χ0v) is 33.5. The maximum atomic E-state index is 13.8. The maximum absolute atomic E-state index is 13.8. The number of hydrogen-bond acceptors (Lipinski definition) is 4. The van der Waals surface area contributed by atoms with E-state index in [-0.39, 0.29) is 11.7 Å². The molecule has 49 heavy (non-hydrogen) atoms. The molecular weight excluding hydrogens is 604 g/mol. The Labute approximate surface area is 300 Å². The molecule has 0 saturated carbocycles. The highest BCUT2D eigenvalue weighted by molar-refractivity contribution is 6.22. The lowest BCUT2D eigenvalue weighted by atomic mass is 9.82. The Kier molecular flexibility index (Phi) is 21.3. The molecule has 0 fully saturated rings. The van der Waals surface area contributed by atoms with Crippen LogP contribution in [0.2, 0.25) is 0 Å². The molecule has 5 nitrogen and oxygen atoms in total. The molecule has 2 heterocycles. The lowest BCUT2D eigenvalue weighted by Crippen LogP contribution is -2.29. The van der Waals surface area contributed by atoms with Crippen molar-refractivity contribution in [3.05, 3.63) is 71.1 Å². The van der Waals surface area contributed by atoms with Gasteiger partial charge in [-0.25, -0.2) is 0 Å². The van der Waals surface area contributed by atoms with E-state index in [1.54, 1.807) is 7.11 Å². The fourth-order valence-electron chi connectivity index (χ4n) is 5.62. The average Bonchev–Trinajstić information content (AvgIpc) is 3.60. The molecule has 0 aliphatic carbocycles. The largest absolute Gasteiger partial charge is 0.497 e. The van der Waals surface area contributed by atoms with Gasteiger partial charge >= 0.3 is 0 Å². The fraction of sp³-hybridized carbons (Fsp3) is 0.591. The smallest absolute Gasteiger partial charge is 0.169 e. The Bertz CT molecular complexity index is 1390. The van der Waals surface area contributed by atoms with Crippen LogP contribution in [0.3, 0.4) is 0 Å². The van der Waals surface area contributed by atoms with Gasteiger partial charge in [-0.1, -0.05) is 133 Å². The van der Waals surface area contributed by atoms with E-state index in [1.807, 2.05) is 51.2 Å². The number of aromatic nitrogens is 2. The number of fused-ring (bicyclic) bond motifs is 1. The number of hydrogen-bond donors (Lipinski definition) is 1. The number of H-pyrrole nitrogens is 1. The highest BCUT2D eigenvalue weighted by Gasteiger charge is 2.30. The number of nitrogens with one attached hydrogen (secondary N) is 1. The first kappa shape index (κ1) is 43.7. The minimum atomic E-state index is -0.227. The molecule has 1 aliphatic heterocycles. The number of ketones is 1. The second-order valence-corrected chi connectivity index (χ2v) is 13.5. The fourth-order valence-corrected chi connectivity index (χ4v) is 5.62. The van der Waals surface area contributed by atoms with Gasteiger partial charge in [-0.15, -0.1) is 0 Å². The molecule has 0 bridgehead atoms. The van der Waals surface area contributed by atoms with Gasteiger partial charge in [-0.2, -0.15) is 5.10 Å². The van der Waals surface area contributed by atoms with Crippen LogP contribution in [0.5, 0.6) is 11.5 Å². The third-order valence-electron chi connectivity index (χ3n) is 9.41. The third kappa shape index (κ3) is 13.5. The molecule has 0 saturated heterocycles. The number of nitrogens with zero attached hydrogens (tertiary/aromatic N) is 1. The molecule has 3 aromatic rings. The minimum Gasteiger partial charge on any atom is -0.497 e. The van der Waals surface area contributed by atoms with E-state index in [4.69, 9.17) is 9.47 Å². The molecule has 3 unspecified atom stereocenters. The molecule has 2 aromatic carbocycles. The van der Waals surface area contributed by atoms with E-state index in [9.17, 15) is 4.79 Å². The van der Waals surface area contributed by atoms with E-state index in [2.05, 4.69) is 90.7 Å². The summed E-state index contributed by atoms with van der Waals surface area (Å²) in [5, 5.41) is 7.45. The molecule has 1 aromatic heterocycles. The summed E-state index contributed by atoms with van der Waals surface area (Å²) in [6.45, 7) is 26.4. The van der Waals surface area contributed by atoms with E-state index in [1.165, 1.54) is 31.2 Å². The van der Waals surface area contributed by atoms with Crippen LogP contribution in [-0.2, 0) is 17.6 Å². The first-order valence-corrected chi connectivity index (χ1v) is 19.3. The molecule has 0 radical (unpaired) electrons. The summed E-state index contributed by atoms with van der Waals surface area (Å²) in [5.74, 6) is 3.68.